The zero-order valence-electron chi connectivity index (χ0n) is 13.4. The summed E-state index contributed by atoms with van der Waals surface area (Å²) >= 11 is 0. The van der Waals surface area contributed by atoms with E-state index in [4.69, 9.17) is 0 Å². The van der Waals surface area contributed by atoms with Crippen molar-refractivity contribution in [2.24, 2.45) is 0 Å². The van der Waals surface area contributed by atoms with Gasteiger partial charge in [-0.25, -0.2) is 13.1 Å². The van der Waals surface area contributed by atoms with Crippen LogP contribution in [-0.4, -0.2) is 21.0 Å². The largest absolute Gasteiger partial charge is 0.316 e. The van der Waals surface area contributed by atoms with Gasteiger partial charge in [0.25, 0.3) is 0 Å². The molecule has 0 heterocycles. The molecule has 1 aliphatic carbocycles. The molecule has 2 N–H and O–H groups in total. The fourth-order valence-electron chi connectivity index (χ4n) is 3.02. The van der Waals surface area contributed by atoms with Gasteiger partial charge < -0.3 is 5.32 Å². The van der Waals surface area contributed by atoms with Crippen LogP contribution in [0.1, 0.15) is 49.3 Å². The van der Waals surface area contributed by atoms with Crippen molar-refractivity contribution in [1.29, 1.82) is 0 Å². The van der Waals surface area contributed by atoms with Gasteiger partial charge in [-0.1, -0.05) is 13.0 Å². The number of sulfonamides is 1. The van der Waals surface area contributed by atoms with Crippen LogP contribution in [-0.2, 0) is 16.6 Å². The van der Waals surface area contributed by atoms with Gasteiger partial charge in [0.1, 0.15) is 0 Å². The van der Waals surface area contributed by atoms with E-state index in [1.807, 2.05) is 33.0 Å². The molecule has 0 saturated heterocycles. The zero-order chi connectivity index (χ0) is 15.7. The van der Waals surface area contributed by atoms with Crippen molar-refractivity contribution in [2.45, 2.75) is 63.4 Å². The van der Waals surface area contributed by atoms with E-state index in [1.54, 1.807) is 0 Å². The molecule has 0 atom stereocenters. The van der Waals surface area contributed by atoms with Crippen LogP contribution in [0.4, 0.5) is 0 Å². The summed E-state index contributed by atoms with van der Waals surface area (Å²) in [6.45, 7) is 6.61. The Balaban J connectivity index is 2.37. The Morgan fingerprint density at radius 1 is 1.19 bits per heavy atom. The Hall–Kier alpha value is -0.910. The predicted molar refractivity (Wildman–Crippen MR) is 85.9 cm³/mol. The monoisotopic (exact) mass is 310 g/mol. The highest BCUT2D eigenvalue weighted by molar-refractivity contribution is 7.89. The lowest BCUT2D eigenvalue weighted by molar-refractivity contribution is 0.214. The van der Waals surface area contributed by atoms with Gasteiger partial charge in [-0.3, -0.25) is 0 Å². The Labute approximate surface area is 128 Å². The molecule has 0 aliphatic heterocycles. The first-order chi connectivity index (χ1) is 9.83. The van der Waals surface area contributed by atoms with Gasteiger partial charge in [0, 0.05) is 12.1 Å². The van der Waals surface area contributed by atoms with Gasteiger partial charge in [0.05, 0.1) is 4.90 Å². The Morgan fingerprint density at radius 2 is 1.86 bits per heavy atom. The molecular formula is C16H26N2O2S. The van der Waals surface area contributed by atoms with Crippen molar-refractivity contribution in [3.8, 4) is 0 Å². The molecule has 5 heteroatoms. The van der Waals surface area contributed by atoms with Gasteiger partial charge in [-0.05, 0) is 69.3 Å². The average molecular weight is 310 g/mol. The summed E-state index contributed by atoms with van der Waals surface area (Å²) in [5, 5.41) is 3.09. The van der Waals surface area contributed by atoms with Gasteiger partial charge in [0.15, 0.2) is 0 Å². The minimum Gasteiger partial charge on any atom is -0.316 e. The molecule has 0 amide bonds. The lowest BCUT2D eigenvalue weighted by Gasteiger charge is -2.41. The maximum absolute atomic E-state index is 12.8. The summed E-state index contributed by atoms with van der Waals surface area (Å²) in [7, 11) is -1.59. The summed E-state index contributed by atoms with van der Waals surface area (Å²) in [6, 6.07) is 3.77. The topological polar surface area (TPSA) is 58.2 Å². The fraction of sp³-hybridized carbons (Fsp3) is 0.625. The third kappa shape index (κ3) is 3.30. The van der Waals surface area contributed by atoms with Gasteiger partial charge in [-0.2, -0.15) is 0 Å². The molecular weight excluding hydrogens is 284 g/mol. The van der Waals surface area contributed by atoms with E-state index < -0.39 is 10.0 Å². The van der Waals surface area contributed by atoms with Gasteiger partial charge in [-0.15, -0.1) is 0 Å². The van der Waals surface area contributed by atoms with Crippen molar-refractivity contribution in [3.05, 3.63) is 28.8 Å². The van der Waals surface area contributed by atoms with Crippen LogP contribution < -0.4 is 10.0 Å². The van der Waals surface area contributed by atoms with Crippen LogP contribution in [0.5, 0.6) is 0 Å². The normalized spacial score (nSPS) is 17.5. The summed E-state index contributed by atoms with van der Waals surface area (Å²) in [4.78, 5) is 0.415. The van der Waals surface area contributed by atoms with Crippen molar-refractivity contribution >= 4 is 10.0 Å². The average Bonchev–Trinajstić information content (AvgIpc) is 2.37. The number of hydrogen-bond acceptors (Lipinski definition) is 3. The molecule has 4 nitrogen and oxygen atoms in total. The standard InChI is InChI=1S/C16H26N2O2S/c1-5-16(7-6-8-16)18-21(19,20)15-10-14(11-17-4)12(2)9-13(15)3/h9-10,17-18H,5-8,11H2,1-4H3. The highest BCUT2D eigenvalue weighted by Gasteiger charge is 2.39. The number of hydrogen-bond donors (Lipinski definition) is 2. The summed E-state index contributed by atoms with van der Waals surface area (Å²) in [5.41, 5.74) is 2.74. The van der Waals surface area contributed by atoms with Crippen molar-refractivity contribution in [3.63, 3.8) is 0 Å². The summed E-state index contributed by atoms with van der Waals surface area (Å²) in [5.74, 6) is 0. The number of rotatable bonds is 6. The summed E-state index contributed by atoms with van der Waals surface area (Å²) < 4.78 is 28.5. The van der Waals surface area contributed by atoms with E-state index in [-0.39, 0.29) is 5.54 Å². The van der Waals surface area contributed by atoms with Crippen LogP contribution in [0.2, 0.25) is 0 Å². The van der Waals surface area contributed by atoms with Crippen LogP contribution in [0.3, 0.4) is 0 Å². The van der Waals surface area contributed by atoms with Crippen molar-refractivity contribution < 1.29 is 8.42 Å². The Kier molecular flexibility index (Phi) is 4.76. The highest BCUT2D eigenvalue weighted by atomic mass is 32.2. The highest BCUT2D eigenvalue weighted by Crippen LogP contribution is 2.36. The second-order valence-electron chi connectivity index (χ2n) is 6.17. The molecule has 21 heavy (non-hydrogen) atoms. The predicted octanol–water partition coefficient (Wildman–Crippen LogP) is 2.63. The molecule has 1 fully saturated rings. The van der Waals surface area contributed by atoms with E-state index in [9.17, 15) is 8.42 Å². The molecule has 0 unspecified atom stereocenters. The molecule has 0 radical (unpaired) electrons. The fourth-order valence-corrected chi connectivity index (χ4v) is 4.82. The molecule has 1 saturated carbocycles. The lowest BCUT2D eigenvalue weighted by atomic mass is 9.76. The first-order valence-electron chi connectivity index (χ1n) is 7.62. The quantitative estimate of drug-likeness (QED) is 0.849. The SMILES string of the molecule is CCC1(NS(=O)(=O)c2cc(CNC)c(C)cc2C)CCC1. The third-order valence-corrected chi connectivity index (χ3v) is 6.35. The van der Waals surface area contributed by atoms with E-state index in [0.717, 1.165) is 42.4 Å². The molecule has 118 valence electrons. The van der Waals surface area contributed by atoms with Gasteiger partial charge >= 0.3 is 0 Å². The first kappa shape index (κ1) is 16.5. The molecule has 1 aromatic carbocycles. The molecule has 0 spiro atoms. The minimum absolute atomic E-state index is 0.223. The molecule has 2 rings (SSSR count). The number of aryl methyl sites for hydroxylation is 2. The van der Waals surface area contributed by atoms with Gasteiger partial charge in [0.2, 0.25) is 10.0 Å². The third-order valence-electron chi connectivity index (χ3n) is 4.63. The second kappa shape index (κ2) is 6.07. The van der Waals surface area contributed by atoms with Crippen molar-refractivity contribution in [1.82, 2.24) is 10.0 Å². The van der Waals surface area contributed by atoms with E-state index >= 15 is 0 Å². The Morgan fingerprint density at radius 3 is 2.33 bits per heavy atom. The second-order valence-corrected chi connectivity index (χ2v) is 7.82. The number of benzene rings is 1. The van der Waals surface area contributed by atoms with Crippen LogP contribution >= 0.6 is 0 Å². The van der Waals surface area contributed by atoms with E-state index in [0.29, 0.717) is 11.4 Å². The minimum atomic E-state index is -3.46. The zero-order valence-corrected chi connectivity index (χ0v) is 14.2. The van der Waals surface area contributed by atoms with Crippen LogP contribution in [0, 0.1) is 13.8 Å². The Bertz CT molecular complexity index is 614. The first-order valence-corrected chi connectivity index (χ1v) is 9.10. The van der Waals surface area contributed by atoms with Crippen molar-refractivity contribution in [2.75, 3.05) is 7.05 Å². The van der Waals surface area contributed by atoms with Crippen LogP contribution in [0.25, 0.3) is 0 Å². The molecule has 0 bridgehead atoms. The van der Waals surface area contributed by atoms with E-state index in [1.165, 1.54) is 0 Å². The molecule has 1 aliphatic rings. The smallest absolute Gasteiger partial charge is 0.241 e. The number of nitrogens with one attached hydrogen (secondary N) is 2. The van der Waals surface area contributed by atoms with E-state index in [2.05, 4.69) is 17.0 Å². The molecule has 0 aromatic heterocycles. The van der Waals surface area contributed by atoms with Crippen LogP contribution in [0.15, 0.2) is 17.0 Å². The maximum atomic E-state index is 12.8. The molecule has 1 aromatic rings. The summed E-state index contributed by atoms with van der Waals surface area (Å²) in [6.07, 6.45) is 3.84. The lowest BCUT2D eigenvalue weighted by Crippen LogP contribution is -2.52. The maximum Gasteiger partial charge on any atom is 0.241 e.